The topological polar surface area (TPSA) is 104 Å². The van der Waals surface area contributed by atoms with Crippen molar-refractivity contribution in [2.45, 2.75) is 26.4 Å². The average molecular weight is 390 g/mol. The van der Waals surface area contributed by atoms with Gasteiger partial charge in [0.25, 0.3) is 5.89 Å². The van der Waals surface area contributed by atoms with Gasteiger partial charge in [-0.2, -0.15) is 9.97 Å². The van der Waals surface area contributed by atoms with Crippen molar-refractivity contribution in [1.82, 2.24) is 20.3 Å². The fraction of sp³-hybridized carbons (Fsp3) is 0.190. The zero-order valence-electron chi connectivity index (χ0n) is 15.7. The van der Waals surface area contributed by atoms with Crippen LogP contribution in [0.1, 0.15) is 23.7 Å². The monoisotopic (exact) mass is 390 g/mol. The molecule has 0 aliphatic carbocycles. The Balaban J connectivity index is 1.27. The smallest absolute Gasteiger partial charge is 0.306 e. The summed E-state index contributed by atoms with van der Waals surface area (Å²) in [5.74, 6) is 1.14. The van der Waals surface area contributed by atoms with E-state index in [1.165, 1.54) is 0 Å². The maximum absolute atomic E-state index is 12.0. The van der Waals surface area contributed by atoms with E-state index in [0.717, 1.165) is 16.7 Å². The molecule has 8 nitrogen and oxygen atoms in total. The first-order valence-corrected chi connectivity index (χ1v) is 9.10. The van der Waals surface area contributed by atoms with Gasteiger partial charge in [0.1, 0.15) is 0 Å². The molecule has 4 aromatic rings. The molecule has 0 saturated carbocycles. The Morgan fingerprint density at radius 2 is 1.72 bits per heavy atom. The first-order chi connectivity index (χ1) is 14.2. The second kappa shape index (κ2) is 8.47. The number of rotatable bonds is 7. The molecule has 0 aliphatic heterocycles. The molecular formula is C21H18N4O4. The van der Waals surface area contributed by atoms with Gasteiger partial charge in [-0.15, -0.1) is 0 Å². The normalized spacial score (nSPS) is 10.8. The molecule has 0 amide bonds. The summed E-state index contributed by atoms with van der Waals surface area (Å²) in [6.45, 7) is 1.94. The largest absolute Gasteiger partial charge is 0.457 e. The van der Waals surface area contributed by atoms with E-state index < -0.39 is 5.97 Å². The number of aromatic nitrogens is 4. The quantitative estimate of drug-likeness (QED) is 0.439. The molecule has 2 aromatic heterocycles. The van der Waals surface area contributed by atoms with Gasteiger partial charge in [-0.25, -0.2) is 0 Å². The van der Waals surface area contributed by atoms with Gasteiger partial charge in [0.05, 0.1) is 6.42 Å². The highest BCUT2D eigenvalue weighted by atomic mass is 16.5. The molecule has 0 fully saturated rings. The van der Waals surface area contributed by atoms with Crippen LogP contribution < -0.4 is 0 Å². The molecule has 0 aliphatic rings. The van der Waals surface area contributed by atoms with E-state index in [9.17, 15) is 4.79 Å². The van der Waals surface area contributed by atoms with E-state index in [-0.39, 0.29) is 13.0 Å². The van der Waals surface area contributed by atoms with Crippen LogP contribution >= 0.6 is 0 Å². The fourth-order valence-electron chi connectivity index (χ4n) is 2.61. The third-order valence-electron chi connectivity index (χ3n) is 4.17. The van der Waals surface area contributed by atoms with E-state index in [0.29, 0.717) is 29.9 Å². The third-order valence-corrected chi connectivity index (χ3v) is 4.17. The van der Waals surface area contributed by atoms with Gasteiger partial charge in [-0.05, 0) is 19.1 Å². The number of benzene rings is 2. The zero-order valence-corrected chi connectivity index (χ0v) is 15.7. The molecule has 0 saturated heterocycles. The molecule has 0 radical (unpaired) electrons. The zero-order chi connectivity index (χ0) is 20.1. The molecule has 0 spiro atoms. The second-order valence-corrected chi connectivity index (χ2v) is 6.42. The van der Waals surface area contributed by atoms with Crippen molar-refractivity contribution in [3.8, 4) is 22.8 Å². The minimum Gasteiger partial charge on any atom is -0.457 e. The van der Waals surface area contributed by atoms with Crippen LogP contribution in [0.5, 0.6) is 0 Å². The number of nitrogens with zero attached hydrogens (tertiary/aromatic N) is 4. The number of esters is 1. The van der Waals surface area contributed by atoms with Gasteiger partial charge in [0.15, 0.2) is 6.61 Å². The Kier molecular flexibility index (Phi) is 5.42. The van der Waals surface area contributed by atoms with Crippen LogP contribution in [-0.4, -0.2) is 26.3 Å². The highest BCUT2D eigenvalue weighted by Crippen LogP contribution is 2.18. The predicted molar refractivity (Wildman–Crippen MR) is 102 cm³/mol. The van der Waals surface area contributed by atoms with E-state index in [1.54, 1.807) is 0 Å². The summed E-state index contributed by atoms with van der Waals surface area (Å²) in [4.78, 5) is 20.5. The summed E-state index contributed by atoms with van der Waals surface area (Å²) < 4.78 is 15.6. The van der Waals surface area contributed by atoms with E-state index in [4.69, 9.17) is 13.8 Å². The number of carbonyl (C=O) groups is 1. The van der Waals surface area contributed by atoms with Crippen LogP contribution in [0.3, 0.4) is 0 Å². The first kappa shape index (κ1) is 18.5. The predicted octanol–water partition coefficient (Wildman–Crippen LogP) is 3.77. The van der Waals surface area contributed by atoms with Gasteiger partial charge in [-0.3, -0.25) is 4.79 Å². The second-order valence-electron chi connectivity index (χ2n) is 6.42. The number of hydrogen-bond acceptors (Lipinski definition) is 8. The van der Waals surface area contributed by atoms with Crippen molar-refractivity contribution < 1.29 is 18.6 Å². The summed E-state index contributed by atoms with van der Waals surface area (Å²) in [5.41, 5.74) is 2.80. The van der Waals surface area contributed by atoms with Crippen molar-refractivity contribution in [3.05, 3.63) is 71.9 Å². The lowest BCUT2D eigenvalue weighted by molar-refractivity contribution is -0.145. The van der Waals surface area contributed by atoms with Gasteiger partial charge in [0, 0.05) is 17.5 Å². The Morgan fingerprint density at radius 1 is 0.931 bits per heavy atom. The Hall–Kier alpha value is -3.81. The van der Waals surface area contributed by atoms with Crippen molar-refractivity contribution in [3.63, 3.8) is 0 Å². The van der Waals surface area contributed by atoms with Gasteiger partial charge >= 0.3 is 5.97 Å². The van der Waals surface area contributed by atoms with Crippen molar-refractivity contribution in [1.29, 1.82) is 0 Å². The minimum absolute atomic E-state index is 0.0622. The highest BCUT2D eigenvalue weighted by Gasteiger charge is 2.13. The van der Waals surface area contributed by atoms with E-state index in [1.807, 2.05) is 61.5 Å². The van der Waals surface area contributed by atoms with Crippen molar-refractivity contribution in [2.75, 3.05) is 0 Å². The lowest BCUT2D eigenvalue weighted by Gasteiger charge is -1.99. The Morgan fingerprint density at radius 3 is 2.52 bits per heavy atom. The summed E-state index contributed by atoms with van der Waals surface area (Å²) in [6.07, 6.45) is 0.401. The number of hydrogen-bond donors (Lipinski definition) is 0. The van der Waals surface area contributed by atoms with Crippen LogP contribution in [-0.2, 0) is 22.6 Å². The lowest BCUT2D eigenvalue weighted by atomic mass is 10.1. The standard InChI is InChI=1S/C21H18N4O4/c1-14-7-9-16(10-8-14)21-22-17(24-29-21)13-27-19(26)12-11-18-23-20(25-28-18)15-5-3-2-4-6-15/h2-10H,11-13H2,1H3. The van der Waals surface area contributed by atoms with Crippen LogP contribution in [0, 0.1) is 6.92 Å². The Labute approximate surface area is 166 Å². The number of aryl methyl sites for hydroxylation is 2. The van der Waals surface area contributed by atoms with Crippen molar-refractivity contribution >= 4 is 5.97 Å². The summed E-state index contributed by atoms with van der Waals surface area (Å²) in [7, 11) is 0. The molecule has 4 rings (SSSR count). The number of carbonyl (C=O) groups excluding carboxylic acids is 1. The summed E-state index contributed by atoms with van der Waals surface area (Å²) >= 11 is 0. The lowest BCUT2D eigenvalue weighted by Crippen LogP contribution is -2.07. The number of ether oxygens (including phenoxy) is 1. The maximum Gasteiger partial charge on any atom is 0.306 e. The van der Waals surface area contributed by atoms with Gasteiger partial charge in [0.2, 0.25) is 17.5 Å². The van der Waals surface area contributed by atoms with Crippen LogP contribution in [0.15, 0.2) is 63.6 Å². The molecule has 29 heavy (non-hydrogen) atoms. The molecule has 0 bridgehead atoms. The molecule has 0 unspecified atom stereocenters. The fourth-order valence-corrected chi connectivity index (χ4v) is 2.61. The first-order valence-electron chi connectivity index (χ1n) is 9.10. The maximum atomic E-state index is 12.0. The SMILES string of the molecule is Cc1ccc(-c2nc(COC(=O)CCc3nc(-c4ccccc4)no3)no2)cc1. The van der Waals surface area contributed by atoms with Crippen LogP contribution in [0.4, 0.5) is 0 Å². The van der Waals surface area contributed by atoms with Crippen LogP contribution in [0.2, 0.25) is 0 Å². The molecule has 2 heterocycles. The molecule has 2 aromatic carbocycles. The molecule has 8 heteroatoms. The van der Waals surface area contributed by atoms with Gasteiger partial charge in [-0.1, -0.05) is 58.3 Å². The van der Waals surface area contributed by atoms with Crippen LogP contribution in [0.25, 0.3) is 22.8 Å². The van der Waals surface area contributed by atoms with E-state index in [2.05, 4.69) is 20.3 Å². The third kappa shape index (κ3) is 4.73. The van der Waals surface area contributed by atoms with E-state index >= 15 is 0 Å². The molecule has 146 valence electrons. The molecule has 0 atom stereocenters. The molecular weight excluding hydrogens is 372 g/mol. The van der Waals surface area contributed by atoms with Gasteiger partial charge < -0.3 is 13.8 Å². The summed E-state index contributed by atoms with van der Waals surface area (Å²) in [5, 5.41) is 7.76. The molecule has 0 N–H and O–H groups in total. The minimum atomic E-state index is -0.411. The summed E-state index contributed by atoms with van der Waals surface area (Å²) in [6, 6.07) is 17.2. The Bertz CT molecular complexity index is 1090. The van der Waals surface area contributed by atoms with Crippen molar-refractivity contribution in [2.24, 2.45) is 0 Å². The highest BCUT2D eigenvalue weighted by molar-refractivity contribution is 5.69. The average Bonchev–Trinajstić information content (AvgIpc) is 3.42.